The third kappa shape index (κ3) is 5.51. The standard InChI is InChI=1S/C23H20ClF3N6O4S2/c1-11-3-4-12(13(25)9-11)18-19-14(28-23-33(19)30-22(38-23)21(26)27)7-8-32(18)17(34)10-37-15-5-6-16(29-20(15)24)31-39(2,35)36/h3-6,9,18,21H,7-8,10H2,1-2H3,(H,29,31). The lowest BCUT2D eigenvalue weighted by Crippen LogP contribution is -2.43. The number of alkyl halides is 2. The summed E-state index contributed by atoms with van der Waals surface area (Å²) in [5.74, 6) is -1.13. The number of aromatic nitrogens is 4. The Hall–Kier alpha value is -3.43. The van der Waals surface area contributed by atoms with Crippen molar-refractivity contribution in [2.45, 2.75) is 25.8 Å². The summed E-state index contributed by atoms with van der Waals surface area (Å²) in [5, 5.41) is 3.38. The molecule has 0 fully saturated rings. The van der Waals surface area contributed by atoms with E-state index in [1.165, 1.54) is 27.6 Å². The SMILES string of the molecule is Cc1ccc(C2c3c(nc4sc(C(F)F)nn34)CCN2C(=O)COc2ccc(NS(C)(=O)=O)nc2Cl)c(F)c1. The first kappa shape index (κ1) is 27.1. The quantitative estimate of drug-likeness (QED) is 0.317. The third-order valence-electron chi connectivity index (χ3n) is 5.90. The molecule has 39 heavy (non-hydrogen) atoms. The van der Waals surface area contributed by atoms with Crippen molar-refractivity contribution in [3.63, 3.8) is 0 Å². The molecule has 1 aliphatic rings. The largest absolute Gasteiger partial charge is 0.481 e. The molecule has 10 nitrogen and oxygen atoms in total. The second-order valence-corrected chi connectivity index (χ2v) is 11.9. The number of carbonyl (C=O) groups excluding carboxylic acids is 1. The normalized spacial score (nSPS) is 15.6. The molecule has 0 saturated carbocycles. The predicted octanol–water partition coefficient (Wildman–Crippen LogP) is 4.15. The molecular weight excluding hydrogens is 581 g/mol. The number of imidazole rings is 1. The van der Waals surface area contributed by atoms with Gasteiger partial charge in [0.1, 0.15) is 17.7 Å². The summed E-state index contributed by atoms with van der Waals surface area (Å²) in [6, 6.07) is 6.21. The van der Waals surface area contributed by atoms with Crippen molar-refractivity contribution in [1.82, 2.24) is 24.5 Å². The van der Waals surface area contributed by atoms with Gasteiger partial charge in [0.15, 0.2) is 22.5 Å². The van der Waals surface area contributed by atoms with Crippen molar-refractivity contribution in [2.24, 2.45) is 0 Å². The van der Waals surface area contributed by atoms with E-state index in [-0.39, 0.29) is 33.8 Å². The van der Waals surface area contributed by atoms with Gasteiger partial charge in [-0.25, -0.2) is 36.1 Å². The topological polar surface area (TPSA) is 119 Å². The molecule has 16 heteroatoms. The van der Waals surface area contributed by atoms with Gasteiger partial charge in [-0.2, -0.15) is 5.10 Å². The van der Waals surface area contributed by atoms with E-state index in [4.69, 9.17) is 16.3 Å². The van der Waals surface area contributed by atoms with Crippen LogP contribution in [-0.2, 0) is 21.2 Å². The fraction of sp³-hybridized carbons (Fsp3) is 0.304. The molecule has 0 spiro atoms. The number of carbonyl (C=O) groups is 1. The minimum atomic E-state index is -3.58. The van der Waals surface area contributed by atoms with Crippen LogP contribution in [0.5, 0.6) is 5.75 Å². The number of nitrogens with one attached hydrogen (secondary N) is 1. The monoisotopic (exact) mass is 600 g/mol. The average Bonchev–Trinajstić information content (AvgIpc) is 3.40. The molecule has 0 saturated heterocycles. The summed E-state index contributed by atoms with van der Waals surface area (Å²) < 4.78 is 73.8. The highest BCUT2D eigenvalue weighted by atomic mass is 35.5. The molecule has 1 aromatic carbocycles. The highest BCUT2D eigenvalue weighted by Gasteiger charge is 2.38. The lowest BCUT2D eigenvalue weighted by atomic mass is 9.94. The van der Waals surface area contributed by atoms with Gasteiger partial charge in [-0.1, -0.05) is 35.1 Å². The first-order valence-corrected chi connectivity index (χ1v) is 14.5. The first-order valence-electron chi connectivity index (χ1n) is 11.4. The van der Waals surface area contributed by atoms with Gasteiger partial charge in [-0.15, -0.1) is 0 Å². The van der Waals surface area contributed by atoms with E-state index in [1.807, 2.05) is 0 Å². The van der Waals surface area contributed by atoms with Gasteiger partial charge in [0.25, 0.3) is 12.3 Å². The summed E-state index contributed by atoms with van der Waals surface area (Å²) in [6.07, 6.45) is -1.56. The third-order valence-corrected chi connectivity index (χ3v) is 7.67. The molecule has 1 atom stereocenters. The van der Waals surface area contributed by atoms with Crippen LogP contribution in [0.4, 0.5) is 19.0 Å². The van der Waals surface area contributed by atoms with Crippen LogP contribution in [0.3, 0.4) is 0 Å². The lowest BCUT2D eigenvalue weighted by molar-refractivity contribution is -0.135. The van der Waals surface area contributed by atoms with Crippen LogP contribution in [0, 0.1) is 12.7 Å². The second kappa shape index (κ2) is 10.3. The highest BCUT2D eigenvalue weighted by molar-refractivity contribution is 7.92. The number of fused-ring (bicyclic) bond motifs is 3. The number of halogens is 4. The van der Waals surface area contributed by atoms with Crippen LogP contribution in [0.15, 0.2) is 30.3 Å². The van der Waals surface area contributed by atoms with E-state index in [0.717, 1.165) is 17.6 Å². The van der Waals surface area contributed by atoms with Crippen molar-refractivity contribution in [1.29, 1.82) is 0 Å². The zero-order valence-corrected chi connectivity index (χ0v) is 22.7. The summed E-state index contributed by atoms with van der Waals surface area (Å²) in [6.45, 7) is 1.36. The first-order chi connectivity index (χ1) is 18.4. The van der Waals surface area contributed by atoms with E-state index in [0.29, 0.717) is 23.4 Å². The number of benzene rings is 1. The zero-order chi connectivity index (χ0) is 28.1. The number of sulfonamides is 1. The van der Waals surface area contributed by atoms with Crippen LogP contribution in [0.25, 0.3) is 4.96 Å². The molecule has 206 valence electrons. The van der Waals surface area contributed by atoms with Crippen molar-refractivity contribution >= 4 is 49.6 Å². The van der Waals surface area contributed by atoms with Gasteiger partial charge in [0.05, 0.1) is 17.6 Å². The Labute approximate surface area is 229 Å². The van der Waals surface area contributed by atoms with E-state index in [9.17, 15) is 22.0 Å². The number of anilines is 1. The molecule has 1 N–H and O–H groups in total. The molecule has 1 aliphatic heterocycles. The van der Waals surface area contributed by atoms with E-state index in [1.54, 1.807) is 19.1 Å². The van der Waals surface area contributed by atoms with Crippen molar-refractivity contribution in [3.05, 3.63) is 68.8 Å². The number of rotatable bonds is 7. The molecule has 4 heterocycles. The Morgan fingerprint density at radius 1 is 1.28 bits per heavy atom. The minimum absolute atomic E-state index is 0.0210. The predicted molar refractivity (Wildman–Crippen MR) is 137 cm³/mol. The van der Waals surface area contributed by atoms with Crippen LogP contribution >= 0.6 is 22.9 Å². The fourth-order valence-electron chi connectivity index (χ4n) is 4.31. The Morgan fingerprint density at radius 2 is 2.05 bits per heavy atom. The summed E-state index contributed by atoms with van der Waals surface area (Å²) >= 11 is 6.84. The average molecular weight is 601 g/mol. The molecule has 5 rings (SSSR count). The molecule has 3 aromatic heterocycles. The molecule has 0 radical (unpaired) electrons. The molecule has 1 amide bonds. The van der Waals surface area contributed by atoms with Crippen LogP contribution in [0.1, 0.15) is 40.0 Å². The number of nitrogens with zero attached hydrogens (tertiary/aromatic N) is 5. The maximum Gasteiger partial charge on any atom is 0.291 e. The summed E-state index contributed by atoms with van der Waals surface area (Å²) in [5.41, 5.74) is 1.67. The van der Waals surface area contributed by atoms with E-state index >= 15 is 4.39 Å². The van der Waals surface area contributed by atoms with E-state index in [2.05, 4.69) is 19.8 Å². The Morgan fingerprint density at radius 3 is 2.72 bits per heavy atom. The molecule has 1 unspecified atom stereocenters. The Balaban J connectivity index is 1.47. The van der Waals surface area contributed by atoms with Crippen LogP contribution in [-0.4, -0.2) is 58.2 Å². The van der Waals surface area contributed by atoms with Gasteiger partial charge >= 0.3 is 0 Å². The van der Waals surface area contributed by atoms with Crippen LogP contribution in [0.2, 0.25) is 5.15 Å². The summed E-state index contributed by atoms with van der Waals surface area (Å²) in [7, 11) is -3.58. The number of hydrogen-bond acceptors (Lipinski definition) is 8. The molecular formula is C23H20ClF3N6O4S2. The summed E-state index contributed by atoms with van der Waals surface area (Å²) in [4.78, 5) is 23.4. The smallest absolute Gasteiger partial charge is 0.291 e. The maximum absolute atomic E-state index is 15.3. The number of hydrogen-bond donors (Lipinski definition) is 1. The number of aryl methyl sites for hydroxylation is 1. The van der Waals surface area contributed by atoms with Crippen LogP contribution < -0.4 is 9.46 Å². The van der Waals surface area contributed by atoms with Gasteiger partial charge in [0, 0.05) is 18.5 Å². The maximum atomic E-state index is 15.3. The van der Waals surface area contributed by atoms with Crippen molar-refractivity contribution < 1.29 is 31.1 Å². The van der Waals surface area contributed by atoms with E-state index < -0.39 is 45.8 Å². The Bertz CT molecular complexity index is 1690. The number of ether oxygens (including phenoxy) is 1. The van der Waals surface area contributed by atoms with Gasteiger partial charge in [-0.05, 0) is 30.7 Å². The molecule has 0 aliphatic carbocycles. The van der Waals surface area contributed by atoms with Crippen molar-refractivity contribution in [3.8, 4) is 5.75 Å². The van der Waals surface area contributed by atoms with Gasteiger partial charge in [0.2, 0.25) is 15.0 Å². The van der Waals surface area contributed by atoms with Gasteiger partial charge in [-0.3, -0.25) is 9.52 Å². The van der Waals surface area contributed by atoms with Gasteiger partial charge < -0.3 is 9.64 Å². The second-order valence-electron chi connectivity index (χ2n) is 8.79. The Kier molecular flexibility index (Phi) is 7.15. The highest BCUT2D eigenvalue weighted by Crippen LogP contribution is 2.39. The molecule has 4 aromatic rings. The molecule has 0 bridgehead atoms. The van der Waals surface area contributed by atoms with Crippen molar-refractivity contribution in [2.75, 3.05) is 24.1 Å². The number of pyridine rings is 1. The number of amides is 1. The lowest BCUT2D eigenvalue weighted by Gasteiger charge is -2.35. The zero-order valence-electron chi connectivity index (χ0n) is 20.4. The minimum Gasteiger partial charge on any atom is -0.481 e. The fourth-order valence-corrected chi connectivity index (χ4v) is 5.79.